The van der Waals surface area contributed by atoms with Crippen molar-refractivity contribution < 1.29 is 22.7 Å². The third kappa shape index (κ3) is 2.71. The standard InChI is InChI=1S/C16H14Cl2O5S/c1-23-11-7-24(21,22)12-6-5-8(15(18)14(11)12)16(20)13-9(17)3-2-4-10(13)19/h5-6,11H,2-4,7H2,1H3. The van der Waals surface area contributed by atoms with Crippen molar-refractivity contribution in [2.45, 2.75) is 30.3 Å². The van der Waals surface area contributed by atoms with Crippen LogP contribution in [0.3, 0.4) is 0 Å². The first kappa shape index (κ1) is 17.6. The lowest BCUT2D eigenvalue weighted by atomic mass is 9.90. The maximum atomic E-state index is 12.8. The van der Waals surface area contributed by atoms with Crippen LogP contribution in [0.2, 0.25) is 5.02 Å². The number of ether oxygens (including phenoxy) is 1. The molecule has 0 aromatic heterocycles. The van der Waals surface area contributed by atoms with Crippen LogP contribution in [0, 0.1) is 0 Å². The highest BCUT2D eigenvalue weighted by molar-refractivity contribution is 7.91. The fourth-order valence-electron chi connectivity index (χ4n) is 3.07. The number of hydrogen-bond donors (Lipinski definition) is 0. The maximum absolute atomic E-state index is 12.8. The van der Waals surface area contributed by atoms with E-state index >= 15 is 0 Å². The van der Waals surface area contributed by atoms with Gasteiger partial charge in [-0.1, -0.05) is 23.2 Å². The van der Waals surface area contributed by atoms with E-state index in [4.69, 9.17) is 27.9 Å². The molecule has 0 saturated carbocycles. The number of methoxy groups -OCH3 is 1. The van der Waals surface area contributed by atoms with Crippen molar-refractivity contribution in [1.29, 1.82) is 0 Å². The fraction of sp³-hybridized carbons (Fsp3) is 0.375. The number of carbonyl (C=O) groups excluding carboxylic acids is 2. The van der Waals surface area contributed by atoms with Crippen LogP contribution in [0.25, 0.3) is 0 Å². The van der Waals surface area contributed by atoms with Crippen LogP contribution >= 0.6 is 23.2 Å². The summed E-state index contributed by atoms with van der Waals surface area (Å²) in [6, 6.07) is 2.67. The molecule has 0 radical (unpaired) electrons. The van der Waals surface area contributed by atoms with Crippen LogP contribution < -0.4 is 0 Å². The summed E-state index contributed by atoms with van der Waals surface area (Å²) in [4.78, 5) is 24.9. The van der Waals surface area contributed by atoms with Gasteiger partial charge in [-0.25, -0.2) is 8.42 Å². The molecule has 0 bridgehead atoms. The van der Waals surface area contributed by atoms with E-state index < -0.39 is 21.7 Å². The van der Waals surface area contributed by atoms with Crippen LogP contribution in [0.15, 0.2) is 27.6 Å². The quantitative estimate of drug-likeness (QED) is 0.586. The number of halogens is 2. The van der Waals surface area contributed by atoms with E-state index in [0.29, 0.717) is 12.8 Å². The van der Waals surface area contributed by atoms with Crippen LogP contribution in [-0.2, 0) is 19.4 Å². The summed E-state index contributed by atoms with van der Waals surface area (Å²) in [5, 5.41) is 0.226. The molecule has 0 saturated heterocycles. The maximum Gasteiger partial charge on any atom is 0.199 e. The van der Waals surface area contributed by atoms with Crippen molar-refractivity contribution in [3.05, 3.63) is 38.9 Å². The van der Waals surface area contributed by atoms with E-state index in [1.54, 1.807) is 0 Å². The molecular weight excluding hydrogens is 375 g/mol. The second-order valence-corrected chi connectivity index (χ2v) is 8.57. The lowest BCUT2D eigenvalue weighted by Crippen LogP contribution is -2.19. The van der Waals surface area contributed by atoms with Gasteiger partial charge >= 0.3 is 0 Å². The Hall–Kier alpha value is -1.21. The van der Waals surface area contributed by atoms with Gasteiger partial charge < -0.3 is 4.74 Å². The molecule has 5 nitrogen and oxygen atoms in total. The Labute approximate surface area is 149 Å². The summed E-state index contributed by atoms with van der Waals surface area (Å²) in [5.41, 5.74) is 0.280. The highest BCUT2D eigenvalue weighted by Crippen LogP contribution is 2.42. The number of benzene rings is 1. The minimum Gasteiger partial charge on any atom is -0.376 e. The van der Waals surface area contributed by atoms with Crippen LogP contribution in [0.5, 0.6) is 0 Å². The number of fused-ring (bicyclic) bond motifs is 1. The molecule has 2 aliphatic rings. The molecule has 8 heteroatoms. The molecule has 128 valence electrons. The Bertz CT molecular complexity index is 886. The van der Waals surface area contributed by atoms with Crippen molar-refractivity contribution >= 4 is 44.6 Å². The van der Waals surface area contributed by atoms with E-state index in [0.717, 1.165) is 0 Å². The van der Waals surface area contributed by atoms with Gasteiger partial charge in [-0.15, -0.1) is 0 Å². The predicted molar refractivity (Wildman–Crippen MR) is 89.3 cm³/mol. The summed E-state index contributed by atoms with van der Waals surface area (Å²) in [6.45, 7) is 0. The largest absolute Gasteiger partial charge is 0.376 e. The van der Waals surface area contributed by atoms with Gasteiger partial charge in [0.1, 0.15) is 0 Å². The van der Waals surface area contributed by atoms with Gasteiger partial charge in [-0.2, -0.15) is 0 Å². The van der Waals surface area contributed by atoms with Gasteiger partial charge in [-0.3, -0.25) is 9.59 Å². The average molecular weight is 389 g/mol. The molecule has 1 aromatic carbocycles. The molecular formula is C16H14Cl2O5S. The molecule has 1 unspecified atom stereocenters. The molecule has 0 amide bonds. The lowest BCUT2D eigenvalue weighted by Gasteiger charge is -2.16. The minimum absolute atomic E-state index is 0.000708. The number of allylic oxidation sites excluding steroid dienone is 2. The molecule has 1 heterocycles. The topological polar surface area (TPSA) is 77.5 Å². The molecule has 1 aliphatic carbocycles. The van der Waals surface area contributed by atoms with Gasteiger partial charge in [0.15, 0.2) is 21.4 Å². The van der Waals surface area contributed by atoms with Gasteiger partial charge in [0, 0.05) is 29.7 Å². The highest BCUT2D eigenvalue weighted by atomic mass is 35.5. The average Bonchev–Trinajstić information content (AvgIpc) is 2.79. The molecule has 24 heavy (non-hydrogen) atoms. The van der Waals surface area contributed by atoms with Gasteiger partial charge in [0.05, 0.1) is 27.3 Å². The van der Waals surface area contributed by atoms with Gasteiger partial charge in [-0.05, 0) is 25.0 Å². The first-order valence-corrected chi connectivity index (χ1v) is 9.73. The molecule has 1 aliphatic heterocycles. The van der Waals surface area contributed by atoms with Crippen LogP contribution in [0.4, 0.5) is 0 Å². The number of Topliss-reactive ketones (excluding diaryl/α,β-unsaturated/α-hetero) is 2. The first-order chi connectivity index (χ1) is 11.3. The SMILES string of the molecule is COC1CS(=O)(=O)c2ccc(C(=O)C3=C(Cl)CCCC3=O)c(Cl)c21. The number of hydrogen-bond acceptors (Lipinski definition) is 5. The van der Waals surface area contributed by atoms with E-state index in [-0.39, 0.29) is 49.6 Å². The Balaban J connectivity index is 2.15. The number of sulfone groups is 1. The number of rotatable bonds is 3. The van der Waals surface area contributed by atoms with Crippen molar-refractivity contribution in [1.82, 2.24) is 0 Å². The molecule has 0 spiro atoms. The molecule has 3 rings (SSSR count). The third-order valence-corrected chi connectivity index (χ3v) is 6.83. The van der Waals surface area contributed by atoms with E-state index in [1.165, 1.54) is 19.2 Å². The van der Waals surface area contributed by atoms with Crippen molar-refractivity contribution in [3.63, 3.8) is 0 Å². The summed E-state index contributed by atoms with van der Waals surface area (Å²) >= 11 is 12.4. The Morgan fingerprint density at radius 2 is 1.96 bits per heavy atom. The normalized spacial score (nSPS) is 22.6. The van der Waals surface area contributed by atoms with Crippen molar-refractivity contribution in [3.8, 4) is 0 Å². The Morgan fingerprint density at radius 1 is 1.25 bits per heavy atom. The summed E-state index contributed by atoms with van der Waals surface area (Å²) < 4.78 is 29.5. The predicted octanol–water partition coefficient (Wildman–Crippen LogP) is 3.24. The van der Waals surface area contributed by atoms with Crippen molar-refractivity contribution in [2.24, 2.45) is 0 Å². The van der Waals surface area contributed by atoms with Crippen LogP contribution in [0.1, 0.15) is 41.3 Å². The zero-order chi connectivity index (χ0) is 17.6. The smallest absolute Gasteiger partial charge is 0.199 e. The van der Waals surface area contributed by atoms with E-state index in [1.807, 2.05) is 0 Å². The second kappa shape index (κ2) is 6.26. The van der Waals surface area contributed by atoms with Crippen molar-refractivity contribution in [2.75, 3.05) is 12.9 Å². The summed E-state index contributed by atoms with van der Waals surface area (Å²) in [5.74, 6) is -1.11. The molecule has 0 N–H and O–H groups in total. The summed E-state index contributed by atoms with van der Waals surface area (Å²) in [6.07, 6.45) is 0.592. The van der Waals surface area contributed by atoms with Crippen LogP contribution in [-0.4, -0.2) is 32.8 Å². The third-order valence-electron chi connectivity index (χ3n) is 4.27. The van der Waals surface area contributed by atoms with E-state index in [9.17, 15) is 18.0 Å². The number of ketones is 2. The monoisotopic (exact) mass is 388 g/mol. The Kier molecular flexibility index (Phi) is 4.59. The van der Waals surface area contributed by atoms with E-state index in [2.05, 4.69) is 0 Å². The first-order valence-electron chi connectivity index (χ1n) is 7.32. The molecule has 0 fully saturated rings. The second-order valence-electron chi connectivity index (χ2n) is 5.73. The number of carbonyl (C=O) groups is 2. The van der Waals surface area contributed by atoms with Gasteiger partial charge in [0.2, 0.25) is 0 Å². The fourth-order valence-corrected chi connectivity index (χ4v) is 5.55. The lowest BCUT2D eigenvalue weighted by molar-refractivity contribution is -0.115. The molecule has 1 aromatic rings. The summed E-state index contributed by atoms with van der Waals surface area (Å²) in [7, 11) is -2.12. The van der Waals surface area contributed by atoms with Gasteiger partial charge in [0.25, 0.3) is 0 Å². The zero-order valence-electron chi connectivity index (χ0n) is 12.8. The Morgan fingerprint density at radius 3 is 2.58 bits per heavy atom. The highest BCUT2D eigenvalue weighted by Gasteiger charge is 2.39. The zero-order valence-corrected chi connectivity index (χ0v) is 15.1. The minimum atomic E-state index is -3.50. The molecule has 1 atom stereocenters.